The van der Waals surface area contributed by atoms with Crippen LogP contribution in [0.2, 0.25) is 0 Å². The normalized spacial score (nSPS) is 10.2. The lowest BCUT2D eigenvalue weighted by Crippen LogP contribution is -1.90. The summed E-state index contributed by atoms with van der Waals surface area (Å²) in [5, 5.41) is 6.81. The van der Waals surface area contributed by atoms with Crippen molar-refractivity contribution < 1.29 is 0 Å². The summed E-state index contributed by atoms with van der Waals surface area (Å²) in [5.41, 5.74) is 0. The first-order chi connectivity index (χ1) is 4.83. The largest absolute Gasteiger partial charge is 0.263 e. The van der Waals surface area contributed by atoms with Crippen LogP contribution in [0.3, 0.4) is 0 Å². The van der Waals surface area contributed by atoms with E-state index >= 15 is 0 Å². The monoisotopic (exact) mass is 157 g/mol. The fourth-order valence-electron chi connectivity index (χ4n) is 0.694. The number of aryl methyl sites for hydroxylation is 2. The third-order valence-corrected chi connectivity index (χ3v) is 1.79. The second-order valence-electron chi connectivity index (χ2n) is 2.08. The summed E-state index contributed by atoms with van der Waals surface area (Å²) in [6.07, 6.45) is 3.05. The molecule has 4 heteroatoms. The second kappa shape index (κ2) is 3.61. The number of aromatic amines is 1. The maximum Gasteiger partial charge on any atom is 0.151 e. The lowest BCUT2D eigenvalue weighted by molar-refractivity contribution is 0.953. The SMILES string of the molecule is CSCCc1n[nH]c(C)n1. The molecule has 1 heterocycles. The maximum atomic E-state index is 4.17. The molecule has 0 spiro atoms. The van der Waals surface area contributed by atoms with Crippen LogP contribution >= 0.6 is 11.8 Å². The molecule has 0 aliphatic rings. The fourth-order valence-corrected chi connectivity index (χ4v) is 1.08. The van der Waals surface area contributed by atoms with Gasteiger partial charge in [-0.05, 0) is 13.2 Å². The van der Waals surface area contributed by atoms with Crippen molar-refractivity contribution in [1.29, 1.82) is 0 Å². The van der Waals surface area contributed by atoms with E-state index in [0.717, 1.165) is 23.8 Å². The van der Waals surface area contributed by atoms with Crippen molar-refractivity contribution >= 4 is 11.8 Å². The Morgan fingerprint density at radius 1 is 1.60 bits per heavy atom. The molecule has 0 saturated heterocycles. The summed E-state index contributed by atoms with van der Waals surface area (Å²) in [5.74, 6) is 2.92. The Hall–Kier alpha value is -0.510. The van der Waals surface area contributed by atoms with Crippen LogP contribution in [0.15, 0.2) is 0 Å². The highest BCUT2D eigenvalue weighted by Crippen LogP contribution is 1.98. The summed E-state index contributed by atoms with van der Waals surface area (Å²) in [6.45, 7) is 1.91. The van der Waals surface area contributed by atoms with Gasteiger partial charge < -0.3 is 0 Å². The molecule has 56 valence electrons. The minimum Gasteiger partial charge on any atom is -0.263 e. The number of rotatable bonds is 3. The van der Waals surface area contributed by atoms with Crippen LogP contribution in [-0.4, -0.2) is 27.2 Å². The first-order valence-electron chi connectivity index (χ1n) is 3.19. The quantitative estimate of drug-likeness (QED) is 0.712. The standard InChI is InChI=1S/C6H11N3S/c1-5-7-6(9-8-5)3-4-10-2/h3-4H2,1-2H3,(H,7,8,9). The van der Waals surface area contributed by atoms with Gasteiger partial charge in [-0.3, -0.25) is 5.10 Å². The molecule has 0 amide bonds. The summed E-state index contributed by atoms with van der Waals surface area (Å²) >= 11 is 1.81. The highest BCUT2D eigenvalue weighted by molar-refractivity contribution is 7.98. The third-order valence-electron chi connectivity index (χ3n) is 1.17. The predicted molar refractivity (Wildman–Crippen MR) is 43.2 cm³/mol. The topological polar surface area (TPSA) is 41.6 Å². The van der Waals surface area contributed by atoms with Crippen LogP contribution in [0.5, 0.6) is 0 Å². The Bertz CT molecular complexity index is 197. The molecule has 0 aromatic carbocycles. The number of H-pyrrole nitrogens is 1. The van der Waals surface area contributed by atoms with Gasteiger partial charge in [0.15, 0.2) is 5.82 Å². The average Bonchev–Trinajstić information content (AvgIpc) is 2.31. The van der Waals surface area contributed by atoms with Gasteiger partial charge in [-0.2, -0.15) is 16.9 Å². The van der Waals surface area contributed by atoms with Crippen molar-refractivity contribution in [2.45, 2.75) is 13.3 Å². The van der Waals surface area contributed by atoms with E-state index in [2.05, 4.69) is 21.4 Å². The zero-order valence-electron chi connectivity index (χ0n) is 6.22. The fraction of sp³-hybridized carbons (Fsp3) is 0.667. The average molecular weight is 157 g/mol. The van der Waals surface area contributed by atoms with Gasteiger partial charge in [0.2, 0.25) is 0 Å². The van der Waals surface area contributed by atoms with Crippen LogP contribution in [0.25, 0.3) is 0 Å². The molecule has 0 radical (unpaired) electrons. The van der Waals surface area contributed by atoms with Gasteiger partial charge in [-0.15, -0.1) is 0 Å². The van der Waals surface area contributed by atoms with Crippen molar-refractivity contribution in [3.8, 4) is 0 Å². The molecule has 0 aliphatic carbocycles. The Morgan fingerprint density at radius 3 is 2.90 bits per heavy atom. The molecule has 1 aromatic heterocycles. The highest BCUT2D eigenvalue weighted by atomic mass is 32.2. The van der Waals surface area contributed by atoms with E-state index < -0.39 is 0 Å². The number of hydrogen-bond donors (Lipinski definition) is 1. The molecular weight excluding hydrogens is 146 g/mol. The van der Waals surface area contributed by atoms with Crippen LogP contribution in [0.4, 0.5) is 0 Å². The molecule has 0 fully saturated rings. The van der Waals surface area contributed by atoms with Crippen molar-refractivity contribution in [3.63, 3.8) is 0 Å². The molecular formula is C6H11N3S. The summed E-state index contributed by atoms with van der Waals surface area (Å²) in [7, 11) is 0. The van der Waals surface area contributed by atoms with Gasteiger partial charge in [-0.1, -0.05) is 0 Å². The molecule has 0 saturated carbocycles. The van der Waals surface area contributed by atoms with E-state index in [1.807, 2.05) is 18.7 Å². The number of nitrogens with zero attached hydrogens (tertiary/aromatic N) is 2. The Balaban J connectivity index is 2.42. The maximum absolute atomic E-state index is 4.17. The number of hydrogen-bond acceptors (Lipinski definition) is 3. The van der Waals surface area contributed by atoms with Crippen molar-refractivity contribution in [2.24, 2.45) is 0 Å². The zero-order chi connectivity index (χ0) is 7.40. The van der Waals surface area contributed by atoms with E-state index in [9.17, 15) is 0 Å². The highest BCUT2D eigenvalue weighted by Gasteiger charge is 1.96. The lowest BCUT2D eigenvalue weighted by Gasteiger charge is -1.88. The molecule has 1 N–H and O–H groups in total. The van der Waals surface area contributed by atoms with Crippen LogP contribution in [0, 0.1) is 6.92 Å². The molecule has 0 atom stereocenters. The lowest BCUT2D eigenvalue weighted by atomic mass is 10.5. The first kappa shape index (κ1) is 7.60. The van der Waals surface area contributed by atoms with E-state index in [4.69, 9.17) is 0 Å². The van der Waals surface area contributed by atoms with Crippen LogP contribution in [-0.2, 0) is 6.42 Å². The first-order valence-corrected chi connectivity index (χ1v) is 4.59. The van der Waals surface area contributed by atoms with E-state index in [-0.39, 0.29) is 0 Å². The van der Waals surface area contributed by atoms with E-state index in [1.165, 1.54) is 0 Å². The molecule has 0 bridgehead atoms. The number of thioether (sulfide) groups is 1. The predicted octanol–water partition coefficient (Wildman–Crippen LogP) is 1.02. The van der Waals surface area contributed by atoms with E-state index in [0.29, 0.717) is 0 Å². The Morgan fingerprint density at radius 2 is 2.40 bits per heavy atom. The molecule has 1 rings (SSSR count). The molecule has 1 aromatic rings. The van der Waals surface area contributed by atoms with Crippen molar-refractivity contribution in [1.82, 2.24) is 15.2 Å². The Labute approximate surface area is 64.6 Å². The molecule has 10 heavy (non-hydrogen) atoms. The second-order valence-corrected chi connectivity index (χ2v) is 3.07. The molecule has 0 unspecified atom stereocenters. The zero-order valence-corrected chi connectivity index (χ0v) is 7.03. The van der Waals surface area contributed by atoms with Crippen molar-refractivity contribution in [3.05, 3.63) is 11.6 Å². The summed E-state index contributed by atoms with van der Waals surface area (Å²) in [4.78, 5) is 4.17. The van der Waals surface area contributed by atoms with Gasteiger partial charge in [0.05, 0.1) is 0 Å². The van der Waals surface area contributed by atoms with Gasteiger partial charge in [0.25, 0.3) is 0 Å². The summed E-state index contributed by atoms with van der Waals surface area (Å²) in [6, 6.07) is 0. The summed E-state index contributed by atoms with van der Waals surface area (Å²) < 4.78 is 0. The van der Waals surface area contributed by atoms with Crippen LogP contribution < -0.4 is 0 Å². The smallest absolute Gasteiger partial charge is 0.151 e. The third kappa shape index (κ3) is 2.02. The number of aromatic nitrogens is 3. The van der Waals surface area contributed by atoms with E-state index in [1.54, 1.807) is 0 Å². The van der Waals surface area contributed by atoms with Gasteiger partial charge in [0.1, 0.15) is 5.82 Å². The minimum atomic E-state index is 0.899. The van der Waals surface area contributed by atoms with Crippen molar-refractivity contribution in [2.75, 3.05) is 12.0 Å². The van der Waals surface area contributed by atoms with Crippen LogP contribution in [0.1, 0.15) is 11.6 Å². The Kier molecular flexibility index (Phi) is 2.74. The van der Waals surface area contributed by atoms with Gasteiger partial charge >= 0.3 is 0 Å². The number of nitrogens with one attached hydrogen (secondary N) is 1. The minimum absolute atomic E-state index is 0.899. The van der Waals surface area contributed by atoms with Gasteiger partial charge in [0, 0.05) is 12.2 Å². The molecule has 3 nitrogen and oxygen atoms in total. The molecule has 0 aliphatic heterocycles. The van der Waals surface area contributed by atoms with Gasteiger partial charge in [-0.25, -0.2) is 4.98 Å².